The maximum absolute atomic E-state index is 12.6. The second-order valence-corrected chi connectivity index (χ2v) is 6.40. The fourth-order valence-corrected chi connectivity index (χ4v) is 3.02. The Labute approximate surface area is 168 Å². The Morgan fingerprint density at radius 2 is 1.97 bits per heavy atom. The van der Waals surface area contributed by atoms with Crippen molar-refractivity contribution in [1.82, 2.24) is 15.2 Å². The summed E-state index contributed by atoms with van der Waals surface area (Å²) in [5.74, 6) is 0.742. The van der Waals surface area contributed by atoms with Crippen molar-refractivity contribution in [3.05, 3.63) is 48.2 Å². The van der Waals surface area contributed by atoms with Gasteiger partial charge in [-0.25, -0.2) is 9.78 Å². The Hall–Kier alpha value is -3.62. The molecule has 1 aromatic carbocycles. The smallest absolute Gasteiger partial charge is 0.324 e. The van der Waals surface area contributed by atoms with Gasteiger partial charge < -0.3 is 20.1 Å². The third-order valence-electron chi connectivity index (χ3n) is 4.50. The van der Waals surface area contributed by atoms with Crippen LogP contribution in [0.4, 0.5) is 10.6 Å². The monoisotopic (exact) mass is 398 g/mol. The zero-order chi connectivity index (χ0) is 20.8. The number of urea groups is 1. The van der Waals surface area contributed by atoms with Gasteiger partial charge in [0, 0.05) is 12.7 Å². The molecule has 0 saturated carbocycles. The first kappa shape index (κ1) is 20.1. The minimum Gasteiger partial charge on any atom is -0.493 e. The van der Waals surface area contributed by atoms with Crippen molar-refractivity contribution in [2.75, 3.05) is 26.1 Å². The van der Waals surface area contributed by atoms with E-state index in [9.17, 15) is 14.4 Å². The summed E-state index contributed by atoms with van der Waals surface area (Å²) in [6.07, 6.45) is 1.84. The summed E-state index contributed by atoms with van der Waals surface area (Å²) < 4.78 is 10.5. The van der Waals surface area contributed by atoms with E-state index in [1.54, 1.807) is 50.7 Å². The van der Waals surface area contributed by atoms with E-state index in [0.717, 1.165) is 10.5 Å². The molecule has 9 heteroatoms. The number of carbonyl (C=O) groups is 3. The number of imide groups is 1. The van der Waals surface area contributed by atoms with Gasteiger partial charge in [-0.3, -0.25) is 14.5 Å². The number of aromatic nitrogens is 1. The van der Waals surface area contributed by atoms with Gasteiger partial charge in [-0.2, -0.15) is 0 Å². The van der Waals surface area contributed by atoms with Crippen LogP contribution >= 0.6 is 0 Å². The number of methoxy groups -OCH3 is 2. The molecule has 0 radical (unpaired) electrons. The van der Waals surface area contributed by atoms with E-state index in [-0.39, 0.29) is 13.0 Å². The van der Waals surface area contributed by atoms with Crippen molar-refractivity contribution >= 4 is 23.7 Å². The van der Waals surface area contributed by atoms with Gasteiger partial charge in [-0.1, -0.05) is 12.1 Å². The number of hydrogen-bond donors (Lipinski definition) is 2. The van der Waals surface area contributed by atoms with Crippen LogP contribution in [0.5, 0.6) is 11.5 Å². The second kappa shape index (κ2) is 9.05. The highest BCUT2D eigenvalue weighted by atomic mass is 16.5. The summed E-state index contributed by atoms with van der Waals surface area (Å²) in [5.41, 5.74) is 0.889. The third kappa shape index (κ3) is 4.81. The molecule has 1 aliphatic rings. The molecule has 2 aromatic rings. The largest absolute Gasteiger partial charge is 0.493 e. The molecule has 3 rings (SSSR count). The van der Waals surface area contributed by atoms with Crippen LogP contribution in [0.1, 0.15) is 12.0 Å². The maximum atomic E-state index is 12.6. The first-order valence-corrected chi connectivity index (χ1v) is 9.05. The normalized spacial score (nSPS) is 15.8. The number of amides is 4. The average Bonchev–Trinajstić information content (AvgIpc) is 2.99. The molecule has 0 spiro atoms. The van der Waals surface area contributed by atoms with Crippen LogP contribution in [-0.2, 0) is 16.0 Å². The zero-order valence-electron chi connectivity index (χ0n) is 16.2. The van der Waals surface area contributed by atoms with Crippen LogP contribution in [0.2, 0.25) is 0 Å². The third-order valence-corrected chi connectivity index (χ3v) is 4.50. The van der Waals surface area contributed by atoms with Gasteiger partial charge in [-0.05, 0) is 36.2 Å². The number of nitrogens with one attached hydrogen (secondary N) is 2. The number of pyridine rings is 1. The number of rotatable bonds is 8. The quantitative estimate of drug-likeness (QED) is 0.654. The van der Waals surface area contributed by atoms with E-state index in [0.29, 0.717) is 23.7 Å². The summed E-state index contributed by atoms with van der Waals surface area (Å²) in [6.45, 7) is 0.193. The fourth-order valence-electron chi connectivity index (χ4n) is 3.02. The van der Waals surface area contributed by atoms with E-state index < -0.39 is 23.9 Å². The van der Waals surface area contributed by atoms with E-state index in [1.165, 1.54) is 0 Å². The van der Waals surface area contributed by atoms with Gasteiger partial charge in [0.25, 0.3) is 5.91 Å². The summed E-state index contributed by atoms with van der Waals surface area (Å²) in [6, 6.07) is 9.12. The average molecular weight is 398 g/mol. The second-order valence-electron chi connectivity index (χ2n) is 6.40. The van der Waals surface area contributed by atoms with Gasteiger partial charge >= 0.3 is 6.03 Å². The van der Waals surface area contributed by atoms with Crippen LogP contribution in [-0.4, -0.2) is 54.5 Å². The van der Waals surface area contributed by atoms with Gasteiger partial charge in [0.2, 0.25) is 5.91 Å². The van der Waals surface area contributed by atoms with Crippen LogP contribution < -0.4 is 20.1 Å². The molecule has 0 aliphatic carbocycles. The molecule has 2 N–H and O–H groups in total. The number of ether oxygens (including phenoxy) is 2. The molecule has 1 aliphatic heterocycles. The molecule has 29 heavy (non-hydrogen) atoms. The van der Waals surface area contributed by atoms with Crippen molar-refractivity contribution in [3.8, 4) is 11.5 Å². The predicted octanol–water partition coefficient (Wildman–Crippen LogP) is 1.59. The number of benzene rings is 1. The molecule has 1 fully saturated rings. The summed E-state index contributed by atoms with van der Waals surface area (Å²) in [7, 11) is 3.09. The lowest BCUT2D eigenvalue weighted by atomic mass is 10.1. The Kier molecular flexibility index (Phi) is 6.28. The minimum atomic E-state index is -0.892. The molecule has 1 aromatic heterocycles. The highest BCUT2D eigenvalue weighted by molar-refractivity contribution is 6.06. The summed E-state index contributed by atoms with van der Waals surface area (Å²) in [4.78, 5) is 42.0. The van der Waals surface area contributed by atoms with Crippen molar-refractivity contribution < 1.29 is 23.9 Å². The predicted molar refractivity (Wildman–Crippen MR) is 105 cm³/mol. The van der Waals surface area contributed by atoms with Crippen LogP contribution in [0.25, 0.3) is 0 Å². The van der Waals surface area contributed by atoms with Crippen molar-refractivity contribution in [2.45, 2.75) is 18.9 Å². The van der Waals surface area contributed by atoms with Crippen LogP contribution in [0.15, 0.2) is 42.6 Å². The van der Waals surface area contributed by atoms with Gasteiger partial charge in [0.1, 0.15) is 11.9 Å². The maximum Gasteiger partial charge on any atom is 0.324 e. The van der Waals surface area contributed by atoms with Gasteiger partial charge in [0.05, 0.1) is 20.6 Å². The molecule has 4 amide bonds. The molecule has 0 unspecified atom stereocenters. The van der Waals surface area contributed by atoms with Crippen molar-refractivity contribution in [1.29, 1.82) is 0 Å². The SMILES string of the molecule is COc1ccc(CCN2C(=O)N[C@@H](CC(=O)Nc3ccccn3)C2=O)cc1OC. The highest BCUT2D eigenvalue weighted by Gasteiger charge is 2.38. The van der Waals surface area contributed by atoms with Crippen molar-refractivity contribution in [3.63, 3.8) is 0 Å². The standard InChI is InChI=1S/C20H22N4O5/c1-28-15-7-6-13(11-16(15)29-2)8-10-24-19(26)14(22-20(24)27)12-18(25)23-17-5-3-4-9-21-17/h3-7,9,11,14H,8,10,12H2,1-2H3,(H,22,27)(H,21,23,25)/t14-/m0/s1. The minimum absolute atomic E-state index is 0.159. The molecule has 152 valence electrons. The van der Waals surface area contributed by atoms with Crippen molar-refractivity contribution in [2.24, 2.45) is 0 Å². The molecule has 1 atom stereocenters. The lowest BCUT2D eigenvalue weighted by Crippen LogP contribution is -2.35. The number of carbonyl (C=O) groups excluding carboxylic acids is 3. The molecule has 2 heterocycles. The zero-order valence-corrected chi connectivity index (χ0v) is 16.2. The first-order valence-electron chi connectivity index (χ1n) is 9.05. The lowest BCUT2D eigenvalue weighted by molar-refractivity contribution is -0.129. The Morgan fingerprint density at radius 3 is 2.66 bits per heavy atom. The Balaban J connectivity index is 1.57. The van der Waals surface area contributed by atoms with E-state index in [1.807, 2.05) is 6.07 Å². The first-order chi connectivity index (χ1) is 14.0. The van der Waals surface area contributed by atoms with E-state index in [4.69, 9.17) is 9.47 Å². The van der Waals surface area contributed by atoms with Gasteiger partial charge in [-0.15, -0.1) is 0 Å². The Morgan fingerprint density at radius 1 is 1.17 bits per heavy atom. The topological polar surface area (TPSA) is 110 Å². The number of hydrogen-bond acceptors (Lipinski definition) is 6. The summed E-state index contributed by atoms with van der Waals surface area (Å²) >= 11 is 0. The molecule has 1 saturated heterocycles. The number of anilines is 1. The van der Waals surface area contributed by atoms with Crippen LogP contribution in [0.3, 0.4) is 0 Å². The lowest BCUT2D eigenvalue weighted by Gasteiger charge is -2.14. The molecule has 9 nitrogen and oxygen atoms in total. The fraction of sp³-hybridized carbons (Fsp3) is 0.300. The Bertz CT molecular complexity index is 903. The van der Waals surface area contributed by atoms with E-state index >= 15 is 0 Å². The van der Waals surface area contributed by atoms with Crippen LogP contribution in [0, 0.1) is 0 Å². The summed E-state index contributed by atoms with van der Waals surface area (Å²) in [5, 5.41) is 5.16. The van der Waals surface area contributed by atoms with Gasteiger partial charge in [0.15, 0.2) is 11.5 Å². The molecular weight excluding hydrogens is 376 g/mol. The van der Waals surface area contributed by atoms with E-state index in [2.05, 4.69) is 15.6 Å². The molecular formula is C20H22N4O5. The molecule has 0 bridgehead atoms. The highest BCUT2D eigenvalue weighted by Crippen LogP contribution is 2.27. The number of nitrogens with zero attached hydrogens (tertiary/aromatic N) is 2.